The Labute approximate surface area is 134 Å². The van der Waals surface area contributed by atoms with Gasteiger partial charge < -0.3 is 5.11 Å². The second kappa shape index (κ2) is 7.89. The number of benzene rings is 2. The van der Waals surface area contributed by atoms with Crippen molar-refractivity contribution >= 4 is 5.97 Å². The summed E-state index contributed by atoms with van der Waals surface area (Å²) in [6.07, 6.45) is 3.21. The molecular weight excluding hydrogens is 286 g/mol. The first kappa shape index (κ1) is 15.6. The lowest BCUT2D eigenvalue weighted by atomic mass is 10.1. The van der Waals surface area contributed by atoms with E-state index in [1.54, 1.807) is 42.5 Å². The minimum absolute atomic E-state index is 0.230. The highest BCUT2D eigenvalue weighted by molar-refractivity contribution is 5.87. The monoisotopic (exact) mass is 297 g/mol. The first-order chi connectivity index (χ1) is 11.2. The van der Waals surface area contributed by atoms with Crippen molar-refractivity contribution in [2.75, 3.05) is 0 Å². The number of nitrogens with zero attached hydrogens (tertiary/aromatic N) is 1. The number of allylic oxidation sites excluding steroid dienone is 2. The zero-order valence-corrected chi connectivity index (χ0v) is 12.1. The van der Waals surface area contributed by atoms with E-state index in [0.717, 1.165) is 5.56 Å². The van der Waals surface area contributed by atoms with Crippen molar-refractivity contribution in [3.05, 3.63) is 82.9 Å². The third kappa shape index (κ3) is 4.64. The number of carbonyl (C=O) groups is 1. The molecule has 0 unspecified atom stereocenters. The van der Waals surface area contributed by atoms with Crippen LogP contribution in [-0.4, -0.2) is 11.1 Å². The second-order valence-electron chi connectivity index (χ2n) is 4.41. The zero-order valence-electron chi connectivity index (χ0n) is 12.1. The van der Waals surface area contributed by atoms with Gasteiger partial charge >= 0.3 is 5.97 Å². The maximum atomic E-state index is 10.7. The van der Waals surface area contributed by atoms with Gasteiger partial charge in [0.2, 0.25) is 0 Å². The Hall–Kier alpha value is -3.74. The fourth-order valence-corrected chi connectivity index (χ4v) is 1.71. The van der Waals surface area contributed by atoms with Gasteiger partial charge in [0, 0.05) is 11.1 Å². The summed E-state index contributed by atoms with van der Waals surface area (Å²) in [5.41, 5.74) is 2.17. The Morgan fingerprint density at radius 2 is 1.52 bits per heavy atom. The van der Waals surface area contributed by atoms with Gasteiger partial charge in [-0.25, -0.2) is 4.79 Å². The van der Waals surface area contributed by atoms with Crippen molar-refractivity contribution in [3.8, 4) is 29.8 Å². The van der Waals surface area contributed by atoms with Crippen molar-refractivity contribution in [3.63, 3.8) is 0 Å². The van der Waals surface area contributed by atoms with E-state index < -0.39 is 5.97 Å². The molecule has 2 aromatic rings. The van der Waals surface area contributed by atoms with Crippen LogP contribution in [-0.2, 0) is 0 Å². The molecule has 0 heterocycles. The van der Waals surface area contributed by atoms with Gasteiger partial charge in [-0.2, -0.15) is 5.26 Å². The number of hydrogen-bond donors (Lipinski definition) is 1. The molecule has 1 N–H and O–H groups in total. The van der Waals surface area contributed by atoms with E-state index in [9.17, 15) is 4.79 Å². The predicted molar refractivity (Wildman–Crippen MR) is 87.5 cm³/mol. The topological polar surface area (TPSA) is 61.1 Å². The van der Waals surface area contributed by atoms with Gasteiger partial charge in [0.1, 0.15) is 6.07 Å². The lowest BCUT2D eigenvalue weighted by molar-refractivity contribution is 0.0697. The van der Waals surface area contributed by atoms with E-state index in [4.69, 9.17) is 10.4 Å². The van der Waals surface area contributed by atoms with Gasteiger partial charge in [0.15, 0.2) is 0 Å². The molecule has 0 aliphatic carbocycles. The van der Waals surface area contributed by atoms with Crippen LogP contribution in [0.5, 0.6) is 0 Å². The van der Waals surface area contributed by atoms with E-state index in [0.29, 0.717) is 11.1 Å². The second-order valence-corrected chi connectivity index (χ2v) is 4.41. The highest BCUT2D eigenvalue weighted by atomic mass is 16.4. The molecule has 3 heteroatoms. The maximum absolute atomic E-state index is 10.7. The zero-order chi connectivity index (χ0) is 16.5. The Morgan fingerprint density at radius 1 is 0.913 bits per heavy atom. The molecule has 3 nitrogen and oxygen atoms in total. The summed E-state index contributed by atoms with van der Waals surface area (Å²) < 4.78 is 0. The average molecular weight is 297 g/mol. The number of nitriles is 1. The molecule has 0 fully saturated rings. The standard InChI is InChI=1S/C20H11NO2/c21-15-19-10-6-5-9-17(19)8-4-2-1-3-7-16-11-13-18(14-12-16)20(22)23/h1-2,5-6,9-14H,(H,22,23). The van der Waals surface area contributed by atoms with Crippen LogP contribution in [0.3, 0.4) is 0 Å². The van der Waals surface area contributed by atoms with Gasteiger partial charge in [-0.15, -0.1) is 0 Å². The van der Waals surface area contributed by atoms with Gasteiger partial charge in [-0.05, 0) is 48.6 Å². The normalized spacial score (nSPS) is 9.17. The summed E-state index contributed by atoms with van der Waals surface area (Å²) in [5.74, 6) is 10.5. The van der Waals surface area contributed by atoms with Crippen LogP contribution in [0, 0.1) is 35.0 Å². The molecule has 0 radical (unpaired) electrons. The van der Waals surface area contributed by atoms with Crippen LogP contribution >= 0.6 is 0 Å². The summed E-state index contributed by atoms with van der Waals surface area (Å²) in [5, 5.41) is 17.7. The fourth-order valence-electron chi connectivity index (χ4n) is 1.71. The summed E-state index contributed by atoms with van der Waals surface area (Å²) in [6, 6.07) is 15.5. The molecule has 0 atom stereocenters. The van der Waals surface area contributed by atoms with Gasteiger partial charge in [0.05, 0.1) is 11.1 Å². The number of carboxylic acids is 1. The maximum Gasteiger partial charge on any atom is 0.335 e. The van der Waals surface area contributed by atoms with Crippen LogP contribution in [0.2, 0.25) is 0 Å². The number of carboxylic acid groups (broad SMARTS) is 1. The molecule has 2 aromatic carbocycles. The van der Waals surface area contributed by atoms with Crippen molar-refractivity contribution in [2.45, 2.75) is 0 Å². The fraction of sp³-hybridized carbons (Fsp3) is 0. The number of rotatable bonds is 1. The molecule has 2 rings (SSSR count). The van der Waals surface area contributed by atoms with Crippen LogP contribution in [0.25, 0.3) is 0 Å². The molecule has 0 saturated carbocycles. The molecule has 0 saturated heterocycles. The molecule has 23 heavy (non-hydrogen) atoms. The van der Waals surface area contributed by atoms with Crippen molar-refractivity contribution in [2.24, 2.45) is 0 Å². The minimum atomic E-state index is -0.961. The third-order valence-corrected chi connectivity index (χ3v) is 2.85. The molecule has 0 amide bonds. The van der Waals surface area contributed by atoms with E-state index in [-0.39, 0.29) is 5.56 Å². The molecule has 0 bridgehead atoms. The van der Waals surface area contributed by atoms with Crippen LogP contribution < -0.4 is 0 Å². The summed E-state index contributed by atoms with van der Waals surface area (Å²) in [4.78, 5) is 10.7. The van der Waals surface area contributed by atoms with Gasteiger partial charge in [-0.3, -0.25) is 0 Å². The lowest BCUT2D eigenvalue weighted by Crippen LogP contribution is -1.94. The van der Waals surface area contributed by atoms with Crippen LogP contribution in [0.4, 0.5) is 0 Å². The Balaban J connectivity index is 2.03. The molecule has 0 aromatic heterocycles. The average Bonchev–Trinajstić information content (AvgIpc) is 2.58. The molecule has 0 aliphatic heterocycles. The quantitative estimate of drug-likeness (QED) is 0.822. The predicted octanol–water partition coefficient (Wildman–Crippen LogP) is 3.22. The Bertz CT molecular complexity index is 908. The van der Waals surface area contributed by atoms with E-state index in [2.05, 4.69) is 29.8 Å². The smallest absolute Gasteiger partial charge is 0.335 e. The van der Waals surface area contributed by atoms with E-state index in [1.807, 2.05) is 6.07 Å². The van der Waals surface area contributed by atoms with Crippen LogP contribution in [0.1, 0.15) is 27.0 Å². The largest absolute Gasteiger partial charge is 0.478 e. The van der Waals surface area contributed by atoms with E-state index >= 15 is 0 Å². The van der Waals surface area contributed by atoms with Crippen LogP contribution in [0.15, 0.2) is 60.7 Å². The third-order valence-electron chi connectivity index (χ3n) is 2.85. The van der Waals surface area contributed by atoms with Crippen molar-refractivity contribution in [1.82, 2.24) is 0 Å². The first-order valence-electron chi connectivity index (χ1n) is 6.71. The molecule has 0 spiro atoms. The van der Waals surface area contributed by atoms with Crippen molar-refractivity contribution in [1.29, 1.82) is 5.26 Å². The highest BCUT2D eigenvalue weighted by Gasteiger charge is 1.99. The van der Waals surface area contributed by atoms with Gasteiger partial charge in [-0.1, -0.05) is 35.8 Å². The summed E-state index contributed by atoms with van der Waals surface area (Å²) >= 11 is 0. The SMILES string of the molecule is N#Cc1ccccc1C#CC=CC#Cc1ccc(C(=O)O)cc1. The van der Waals surface area contributed by atoms with Gasteiger partial charge in [0.25, 0.3) is 0 Å². The molecule has 108 valence electrons. The summed E-state index contributed by atoms with van der Waals surface area (Å²) in [6.45, 7) is 0. The first-order valence-corrected chi connectivity index (χ1v) is 6.71. The Kier molecular flexibility index (Phi) is 5.37. The highest BCUT2D eigenvalue weighted by Crippen LogP contribution is 2.05. The minimum Gasteiger partial charge on any atom is -0.478 e. The lowest BCUT2D eigenvalue weighted by Gasteiger charge is -1.92. The van der Waals surface area contributed by atoms with Crippen molar-refractivity contribution < 1.29 is 9.90 Å². The number of hydrogen-bond acceptors (Lipinski definition) is 2. The number of aromatic carboxylic acids is 1. The molecular formula is C20H11NO2. The van der Waals surface area contributed by atoms with E-state index in [1.165, 1.54) is 12.1 Å². The molecule has 0 aliphatic rings. The summed E-state index contributed by atoms with van der Waals surface area (Å²) in [7, 11) is 0. The Morgan fingerprint density at radius 3 is 2.13 bits per heavy atom.